The van der Waals surface area contributed by atoms with Crippen LogP contribution in [-0.4, -0.2) is 37.8 Å². The minimum absolute atomic E-state index is 0.447. The van der Waals surface area contributed by atoms with Crippen molar-refractivity contribution in [1.29, 1.82) is 0 Å². The van der Waals surface area contributed by atoms with Crippen molar-refractivity contribution in [2.75, 3.05) is 11.9 Å². The molecule has 2 N–H and O–H groups in total. The molecule has 1 aliphatic rings. The number of hydrogen-bond acceptors (Lipinski definition) is 4. The maximum atomic E-state index is 4.50. The van der Waals surface area contributed by atoms with Gasteiger partial charge in [-0.3, -0.25) is 4.40 Å². The summed E-state index contributed by atoms with van der Waals surface area (Å²) < 4.78 is 4.58. The number of nitrogens with zero attached hydrogens (tertiary/aromatic N) is 4. The number of rotatable bonds is 4. The van der Waals surface area contributed by atoms with E-state index in [1.165, 1.54) is 22.3 Å². The number of anilines is 1. The molecule has 0 bridgehead atoms. The highest BCUT2D eigenvalue weighted by Crippen LogP contribution is 2.29. The van der Waals surface area contributed by atoms with E-state index in [1.54, 1.807) is 0 Å². The third-order valence-corrected chi connectivity index (χ3v) is 6.08. The molecule has 4 heterocycles. The number of nitrogens with one attached hydrogen (secondary N) is 2. The average molecular weight is 389 g/mol. The zero-order chi connectivity index (χ0) is 20.0. The molecule has 29 heavy (non-hydrogen) atoms. The van der Waals surface area contributed by atoms with Crippen molar-refractivity contribution < 1.29 is 0 Å². The van der Waals surface area contributed by atoms with Crippen LogP contribution in [0.1, 0.15) is 36.8 Å². The molecular weight excluding hydrogens is 360 g/mol. The SMILES string of the molecule is Cc1cc2c(cc(N[C@@H]3CCN[C@H](C)C3)c3nnc(C)n32)n1Cc1ccccc1. The summed E-state index contributed by atoms with van der Waals surface area (Å²) in [4.78, 5) is 0. The predicted molar refractivity (Wildman–Crippen MR) is 118 cm³/mol. The highest BCUT2D eigenvalue weighted by atomic mass is 15.3. The Bertz CT molecular complexity index is 1160. The molecule has 0 aliphatic carbocycles. The van der Waals surface area contributed by atoms with Gasteiger partial charge >= 0.3 is 0 Å². The van der Waals surface area contributed by atoms with E-state index in [9.17, 15) is 0 Å². The summed E-state index contributed by atoms with van der Waals surface area (Å²) >= 11 is 0. The summed E-state index contributed by atoms with van der Waals surface area (Å²) in [7, 11) is 0. The van der Waals surface area contributed by atoms with Gasteiger partial charge in [-0.15, -0.1) is 10.2 Å². The van der Waals surface area contributed by atoms with E-state index in [4.69, 9.17) is 0 Å². The van der Waals surface area contributed by atoms with E-state index in [1.807, 2.05) is 6.92 Å². The van der Waals surface area contributed by atoms with Gasteiger partial charge in [0.15, 0.2) is 5.65 Å². The molecule has 2 atom stereocenters. The summed E-state index contributed by atoms with van der Waals surface area (Å²) in [6.07, 6.45) is 2.23. The van der Waals surface area contributed by atoms with Crippen LogP contribution < -0.4 is 10.6 Å². The third kappa shape index (κ3) is 3.27. The number of aryl methyl sites for hydroxylation is 2. The van der Waals surface area contributed by atoms with Crippen LogP contribution >= 0.6 is 0 Å². The van der Waals surface area contributed by atoms with E-state index in [0.717, 1.165) is 43.1 Å². The van der Waals surface area contributed by atoms with Crippen LogP contribution in [0.15, 0.2) is 42.5 Å². The molecule has 1 saturated heterocycles. The second-order valence-electron chi connectivity index (χ2n) is 8.31. The van der Waals surface area contributed by atoms with Crippen LogP contribution in [0.2, 0.25) is 0 Å². The monoisotopic (exact) mass is 388 g/mol. The molecule has 3 aromatic heterocycles. The first-order valence-electron chi connectivity index (χ1n) is 10.5. The van der Waals surface area contributed by atoms with Crippen molar-refractivity contribution in [2.24, 2.45) is 0 Å². The van der Waals surface area contributed by atoms with Gasteiger partial charge < -0.3 is 15.2 Å². The zero-order valence-corrected chi connectivity index (χ0v) is 17.3. The molecule has 1 aliphatic heterocycles. The maximum absolute atomic E-state index is 4.50. The lowest BCUT2D eigenvalue weighted by atomic mass is 10.0. The van der Waals surface area contributed by atoms with Gasteiger partial charge in [0.2, 0.25) is 0 Å². The summed E-state index contributed by atoms with van der Waals surface area (Å²) in [6, 6.07) is 16.1. The van der Waals surface area contributed by atoms with Crippen LogP contribution in [0.4, 0.5) is 5.69 Å². The first-order chi connectivity index (χ1) is 14.1. The molecule has 0 unspecified atom stereocenters. The fourth-order valence-electron chi connectivity index (χ4n) is 4.60. The van der Waals surface area contributed by atoms with Crippen molar-refractivity contribution >= 4 is 22.4 Å². The van der Waals surface area contributed by atoms with Crippen LogP contribution in [-0.2, 0) is 6.54 Å². The highest BCUT2D eigenvalue weighted by Gasteiger charge is 2.21. The van der Waals surface area contributed by atoms with Gasteiger partial charge in [0.05, 0.1) is 16.7 Å². The number of benzene rings is 1. The van der Waals surface area contributed by atoms with Crippen molar-refractivity contribution in [3.8, 4) is 0 Å². The summed E-state index contributed by atoms with van der Waals surface area (Å²) in [5.74, 6) is 0.921. The Morgan fingerprint density at radius 2 is 1.93 bits per heavy atom. The second kappa shape index (κ2) is 7.19. The minimum atomic E-state index is 0.447. The Morgan fingerprint density at radius 3 is 2.72 bits per heavy atom. The lowest BCUT2D eigenvalue weighted by molar-refractivity contribution is 0.396. The van der Waals surface area contributed by atoms with Crippen LogP contribution in [0.25, 0.3) is 16.7 Å². The van der Waals surface area contributed by atoms with E-state index >= 15 is 0 Å². The Labute approximate surface area is 170 Å². The quantitative estimate of drug-likeness (QED) is 0.557. The van der Waals surface area contributed by atoms with Gasteiger partial charge in [0.1, 0.15) is 5.82 Å². The number of aromatic nitrogens is 4. The summed E-state index contributed by atoms with van der Waals surface area (Å²) in [6.45, 7) is 8.36. The largest absolute Gasteiger partial charge is 0.379 e. The molecule has 1 fully saturated rings. The van der Waals surface area contributed by atoms with E-state index in [0.29, 0.717) is 12.1 Å². The van der Waals surface area contributed by atoms with E-state index in [2.05, 4.69) is 86.1 Å². The summed E-state index contributed by atoms with van der Waals surface area (Å²) in [5.41, 5.74) is 6.91. The van der Waals surface area contributed by atoms with Gasteiger partial charge in [0.25, 0.3) is 0 Å². The first kappa shape index (κ1) is 18.2. The highest BCUT2D eigenvalue weighted by molar-refractivity contribution is 5.88. The predicted octanol–water partition coefficient (Wildman–Crippen LogP) is 3.90. The van der Waals surface area contributed by atoms with Gasteiger partial charge in [-0.2, -0.15) is 0 Å². The normalized spacial score (nSPS) is 19.8. The van der Waals surface area contributed by atoms with Crippen molar-refractivity contribution in [2.45, 2.75) is 52.2 Å². The molecule has 6 nitrogen and oxygen atoms in total. The molecule has 5 rings (SSSR count). The van der Waals surface area contributed by atoms with Crippen molar-refractivity contribution in [1.82, 2.24) is 24.5 Å². The van der Waals surface area contributed by atoms with Gasteiger partial charge in [-0.25, -0.2) is 0 Å². The maximum Gasteiger partial charge on any atom is 0.184 e. The molecule has 0 radical (unpaired) electrons. The average Bonchev–Trinajstić information content (AvgIpc) is 3.24. The molecular formula is C23H28N6. The second-order valence-corrected chi connectivity index (χ2v) is 8.31. The molecule has 1 aromatic carbocycles. The third-order valence-electron chi connectivity index (χ3n) is 6.08. The van der Waals surface area contributed by atoms with Crippen LogP contribution in [0, 0.1) is 13.8 Å². The number of hydrogen-bond donors (Lipinski definition) is 2. The van der Waals surface area contributed by atoms with Gasteiger partial charge in [-0.1, -0.05) is 30.3 Å². The standard InChI is InChI=1S/C23H28N6/c1-15-11-19(9-10-24-15)25-20-13-21-22(29-17(3)26-27-23(20)29)12-16(2)28(21)14-18-7-5-4-6-8-18/h4-8,12-13,15,19,24-25H,9-11,14H2,1-3H3/t15-,19-/m1/s1. The molecule has 6 heteroatoms. The van der Waals surface area contributed by atoms with Crippen LogP contribution in [0.5, 0.6) is 0 Å². The number of fused-ring (bicyclic) bond motifs is 3. The fourth-order valence-corrected chi connectivity index (χ4v) is 4.60. The first-order valence-corrected chi connectivity index (χ1v) is 10.5. The van der Waals surface area contributed by atoms with Gasteiger partial charge in [0, 0.05) is 24.3 Å². The Kier molecular flexibility index (Phi) is 4.51. The zero-order valence-electron chi connectivity index (χ0n) is 17.3. The van der Waals surface area contributed by atoms with Gasteiger partial charge in [-0.05, 0) is 57.9 Å². The van der Waals surface area contributed by atoms with E-state index < -0.39 is 0 Å². The Morgan fingerprint density at radius 1 is 1.10 bits per heavy atom. The Hall–Kier alpha value is -2.86. The molecule has 0 saturated carbocycles. The van der Waals surface area contributed by atoms with Crippen molar-refractivity contribution in [3.05, 3.63) is 59.5 Å². The number of piperidine rings is 1. The molecule has 0 amide bonds. The Balaban J connectivity index is 1.63. The number of pyridine rings is 1. The lowest BCUT2D eigenvalue weighted by Gasteiger charge is -2.29. The molecule has 0 spiro atoms. The van der Waals surface area contributed by atoms with Crippen molar-refractivity contribution in [3.63, 3.8) is 0 Å². The molecule has 150 valence electrons. The van der Waals surface area contributed by atoms with E-state index in [-0.39, 0.29) is 0 Å². The van der Waals surface area contributed by atoms with Crippen LogP contribution in [0.3, 0.4) is 0 Å². The topological polar surface area (TPSA) is 59.2 Å². The molecule has 4 aromatic rings. The fraction of sp³-hybridized carbons (Fsp3) is 0.391. The smallest absolute Gasteiger partial charge is 0.184 e. The lowest BCUT2D eigenvalue weighted by Crippen LogP contribution is -2.41. The minimum Gasteiger partial charge on any atom is -0.379 e. The summed E-state index contributed by atoms with van der Waals surface area (Å²) in [5, 5.41) is 16.2.